The van der Waals surface area contributed by atoms with Gasteiger partial charge in [-0.25, -0.2) is 14.1 Å². The molecular formula is C56H65FN6O10. The van der Waals surface area contributed by atoms with E-state index in [-0.39, 0.29) is 40.6 Å². The molecule has 386 valence electrons. The molecule has 16 nitrogen and oxygen atoms in total. The van der Waals surface area contributed by atoms with Crippen LogP contribution in [0.25, 0.3) is 0 Å². The Labute approximate surface area is 425 Å². The monoisotopic (exact) mass is 1000 g/mol. The molecule has 9 rings (SSSR count). The summed E-state index contributed by atoms with van der Waals surface area (Å²) in [5.41, 5.74) is 12.2. The van der Waals surface area contributed by atoms with E-state index >= 15 is 0 Å². The number of aryl methyl sites for hydroxylation is 1. The van der Waals surface area contributed by atoms with Crippen molar-refractivity contribution in [1.82, 2.24) is 15.0 Å². The molecule has 4 aliphatic rings. The number of carbonyl (C=O) groups is 2. The fourth-order valence-corrected chi connectivity index (χ4v) is 12.0. The van der Waals surface area contributed by atoms with Crippen molar-refractivity contribution in [2.75, 3.05) is 77.6 Å². The van der Waals surface area contributed by atoms with Gasteiger partial charge in [0.2, 0.25) is 0 Å². The van der Waals surface area contributed by atoms with E-state index in [9.17, 15) is 14.0 Å². The number of halogens is 1. The van der Waals surface area contributed by atoms with Crippen LogP contribution in [0.5, 0.6) is 23.0 Å². The highest BCUT2D eigenvalue weighted by Crippen LogP contribution is 2.89. The number of nitrogens with one attached hydrogen (secondary N) is 1. The molecule has 5 aromatic rings. The number of methoxy groups -OCH3 is 1. The average Bonchev–Trinajstić information content (AvgIpc) is 3.71. The standard InChI is InChI=1S/C56H65FN6O10/c1-5-59-53(60-41-8-6-7-40(57)30-41)46-31-49(66-4)50(32-48(46)58)72-28-27-69-24-23-67-21-22-68-25-26-70-35-42-34-63(62-61-42)19-20-71-43-11-9-38(10-12-43)47-33-54(3)51(65)16-18-56(54)36-55(56)17-15-39-29-44(73-37(2)64)13-14-45(39)52(47)55/h5-14,29-32,34,47,52H,1,15-28,33,35-36,58H2,2-4H3,(H,59,60). The number of Topliss-reactive ketones (excluding diaryl/α,β-unsaturated/α-hetero) is 1. The number of esters is 1. The van der Waals surface area contributed by atoms with Gasteiger partial charge in [0.05, 0.1) is 72.7 Å². The number of nitrogens with zero attached hydrogens (tertiary/aromatic N) is 4. The highest BCUT2D eigenvalue weighted by molar-refractivity contribution is 6.12. The van der Waals surface area contributed by atoms with Crippen LogP contribution in [0.2, 0.25) is 0 Å². The topological polar surface area (TPSA) is 189 Å². The van der Waals surface area contributed by atoms with Gasteiger partial charge in [0, 0.05) is 48.0 Å². The molecule has 3 N–H and O–H groups in total. The zero-order valence-electron chi connectivity index (χ0n) is 41.9. The van der Waals surface area contributed by atoms with E-state index < -0.39 is 0 Å². The van der Waals surface area contributed by atoms with Crippen molar-refractivity contribution < 1.29 is 51.9 Å². The molecule has 4 aromatic carbocycles. The van der Waals surface area contributed by atoms with Crippen LogP contribution in [0.3, 0.4) is 0 Å². The Balaban J connectivity index is 0.636. The summed E-state index contributed by atoms with van der Waals surface area (Å²) in [5, 5.41) is 11.6. The normalized spacial score (nSPS) is 22.6. The number of aromatic nitrogens is 3. The van der Waals surface area contributed by atoms with Gasteiger partial charge in [-0.3, -0.25) is 9.59 Å². The zero-order valence-corrected chi connectivity index (χ0v) is 41.9. The lowest BCUT2D eigenvalue weighted by Gasteiger charge is -2.52. The van der Waals surface area contributed by atoms with E-state index in [0.717, 1.165) is 37.9 Å². The zero-order chi connectivity index (χ0) is 51.0. The van der Waals surface area contributed by atoms with Gasteiger partial charge < -0.3 is 48.9 Å². The Hall–Kier alpha value is -6.66. The minimum absolute atomic E-state index is 0.0822. The third-order valence-electron chi connectivity index (χ3n) is 15.3. The van der Waals surface area contributed by atoms with Crippen molar-refractivity contribution in [3.63, 3.8) is 0 Å². The number of ether oxygens (including phenoxy) is 8. The van der Waals surface area contributed by atoms with Gasteiger partial charge in [0.1, 0.15) is 47.8 Å². The number of nitrogen functional groups attached to an aromatic ring is 1. The predicted molar refractivity (Wildman–Crippen MR) is 272 cm³/mol. The van der Waals surface area contributed by atoms with E-state index in [1.54, 1.807) is 28.9 Å². The van der Waals surface area contributed by atoms with Crippen LogP contribution in [0.1, 0.15) is 85.7 Å². The summed E-state index contributed by atoms with van der Waals surface area (Å²) in [4.78, 5) is 29.7. The van der Waals surface area contributed by atoms with Gasteiger partial charge in [-0.05, 0) is 120 Å². The summed E-state index contributed by atoms with van der Waals surface area (Å²) in [6, 6.07) is 24.0. The van der Waals surface area contributed by atoms with E-state index in [0.29, 0.717) is 130 Å². The quantitative estimate of drug-likeness (QED) is 0.0141. The summed E-state index contributed by atoms with van der Waals surface area (Å²) in [7, 11) is 1.52. The van der Waals surface area contributed by atoms with Crippen molar-refractivity contribution in [3.05, 3.63) is 132 Å². The second-order valence-electron chi connectivity index (χ2n) is 19.4. The Morgan fingerprint density at radius 1 is 0.890 bits per heavy atom. The number of fused-ring (bicyclic) bond motifs is 2. The fraction of sp³-hybridized carbons (Fsp3) is 0.446. The molecule has 2 spiro atoms. The number of ketones is 1. The van der Waals surface area contributed by atoms with Crippen molar-refractivity contribution in [2.24, 2.45) is 21.2 Å². The van der Waals surface area contributed by atoms with Gasteiger partial charge >= 0.3 is 5.97 Å². The van der Waals surface area contributed by atoms with E-state index in [4.69, 9.17) is 43.6 Å². The smallest absolute Gasteiger partial charge is 0.308 e. The van der Waals surface area contributed by atoms with Crippen molar-refractivity contribution in [3.8, 4) is 23.0 Å². The Morgan fingerprint density at radius 2 is 1.63 bits per heavy atom. The number of aliphatic imine (C=N–C) groups is 1. The lowest BCUT2D eigenvalue weighted by molar-refractivity contribution is -0.132. The molecule has 17 heteroatoms. The first-order valence-electron chi connectivity index (χ1n) is 25.0. The maximum Gasteiger partial charge on any atom is 0.308 e. The largest absolute Gasteiger partial charge is 0.493 e. The van der Waals surface area contributed by atoms with Gasteiger partial charge in [-0.15, -0.1) is 5.10 Å². The number of anilines is 2. The summed E-state index contributed by atoms with van der Waals surface area (Å²) in [6.07, 6.45) is 8.84. The number of carbonyl (C=O) groups excluding carboxylic acids is 2. The summed E-state index contributed by atoms with van der Waals surface area (Å²) >= 11 is 0. The van der Waals surface area contributed by atoms with Crippen LogP contribution in [0, 0.1) is 22.1 Å². The van der Waals surface area contributed by atoms with Gasteiger partial charge in [0.25, 0.3) is 0 Å². The summed E-state index contributed by atoms with van der Waals surface area (Å²) in [5.74, 6) is 2.84. The first-order valence-corrected chi connectivity index (χ1v) is 25.0. The minimum Gasteiger partial charge on any atom is -0.493 e. The molecule has 0 saturated heterocycles. The van der Waals surface area contributed by atoms with Crippen molar-refractivity contribution >= 4 is 29.0 Å². The third kappa shape index (κ3) is 11.0. The molecule has 3 fully saturated rings. The summed E-state index contributed by atoms with van der Waals surface area (Å²) in [6.45, 7) is 11.6. The molecule has 0 radical (unpaired) electrons. The molecule has 0 amide bonds. The van der Waals surface area contributed by atoms with Crippen molar-refractivity contribution in [2.45, 2.75) is 77.4 Å². The molecule has 5 atom stereocenters. The lowest BCUT2D eigenvalue weighted by Crippen LogP contribution is -2.46. The van der Waals surface area contributed by atoms with Crippen LogP contribution >= 0.6 is 0 Å². The number of amidine groups is 1. The van der Waals surface area contributed by atoms with E-state index in [1.807, 2.05) is 24.4 Å². The Bertz CT molecular complexity index is 2800. The number of benzene rings is 4. The molecule has 73 heavy (non-hydrogen) atoms. The van der Waals surface area contributed by atoms with Crippen LogP contribution in [-0.4, -0.2) is 99.2 Å². The van der Waals surface area contributed by atoms with E-state index in [1.165, 1.54) is 49.1 Å². The molecular weight excluding hydrogens is 936 g/mol. The molecule has 4 aliphatic carbocycles. The molecule has 0 bridgehead atoms. The molecule has 1 aromatic heterocycles. The highest BCUT2D eigenvalue weighted by atomic mass is 19.1. The van der Waals surface area contributed by atoms with E-state index in [2.05, 4.69) is 58.4 Å². The lowest BCUT2D eigenvalue weighted by atomic mass is 9.51. The first kappa shape index (κ1) is 51.2. The Morgan fingerprint density at radius 3 is 2.36 bits per heavy atom. The predicted octanol–water partition coefficient (Wildman–Crippen LogP) is 8.62. The average molecular weight is 1000 g/mol. The first-order chi connectivity index (χ1) is 35.5. The molecule has 5 unspecified atom stereocenters. The second-order valence-corrected chi connectivity index (χ2v) is 19.4. The minimum atomic E-state index is -0.386. The van der Waals surface area contributed by atoms with Gasteiger partial charge in [0.15, 0.2) is 11.5 Å². The Kier molecular flexibility index (Phi) is 15.9. The van der Waals surface area contributed by atoms with Crippen molar-refractivity contribution in [1.29, 1.82) is 0 Å². The van der Waals surface area contributed by atoms with Crippen LogP contribution in [-0.2, 0) is 48.1 Å². The van der Waals surface area contributed by atoms with Gasteiger partial charge in [-0.2, -0.15) is 0 Å². The van der Waals surface area contributed by atoms with Gasteiger partial charge in [-0.1, -0.05) is 43.0 Å². The number of nitrogens with two attached hydrogens (primary N) is 1. The SMILES string of the molecule is C=CN=C(Nc1cccc(F)c1)c1cc(OC)c(OCCOCCOCCOCCOCc2cn(CCOc3ccc(C4CC5(C)C(=O)CCC56CC65CCc6cc(OC(C)=O)ccc6C45)cc3)nn2)cc1N. The second kappa shape index (κ2) is 22.6. The molecule has 1 heterocycles. The maximum absolute atomic E-state index is 13.8. The van der Waals surface area contributed by atoms with Crippen LogP contribution in [0.4, 0.5) is 15.8 Å². The third-order valence-corrected chi connectivity index (χ3v) is 15.3. The maximum atomic E-state index is 13.8. The van der Waals surface area contributed by atoms with Crippen LogP contribution in [0.15, 0.2) is 103 Å². The number of rotatable bonds is 25. The number of hydrogen-bond donors (Lipinski definition) is 2. The molecule has 0 aliphatic heterocycles. The van der Waals surface area contributed by atoms with Crippen LogP contribution < -0.4 is 30.0 Å². The summed E-state index contributed by atoms with van der Waals surface area (Å²) < 4.78 is 61.3. The highest BCUT2D eigenvalue weighted by Gasteiger charge is 2.83. The fourth-order valence-electron chi connectivity index (χ4n) is 12.0. The molecule has 3 saturated carbocycles. The number of hydrogen-bond acceptors (Lipinski definition) is 14.